The highest BCUT2D eigenvalue weighted by molar-refractivity contribution is 5.76. The van der Waals surface area contributed by atoms with E-state index in [0.29, 0.717) is 6.42 Å². The smallest absolute Gasteiger partial charge is 0.224 e. The number of likely N-dealkylation sites (N-methyl/N-ethyl adjacent to an activating group) is 1. The van der Waals surface area contributed by atoms with Crippen LogP contribution in [0.15, 0.2) is 0 Å². The Morgan fingerprint density at radius 1 is 1.17 bits per heavy atom. The minimum Gasteiger partial charge on any atom is -0.341 e. The minimum absolute atomic E-state index is 0.0188. The largest absolute Gasteiger partial charge is 0.341 e. The van der Waals surface area contributed by atoms with Crippen LogP contribution in [0.1, 0.15) is 40.5 Å². The standard InChI is InChI=1S/C14H31N3O/c1-7-8-17(10-9-16(5)6)13(18)11-12(15)14(2,3)4/h12H,7-11,15H2,1-6H3. The van der Waals surface area contributed by atoms with Crippen molar-refractivity contribution in [3.63, 3.8) is 0 Å². The van der Waals surface area contributed by atoms with Crippen LogP contribution in [0.4, 0.5) is 0 Å². The molecule has 0 fully saturated rings. The zero-order chi connectivity index (χ0) is 14.3. The maximum Gasteiger partial charge on any atom is 0.224 e. The Bertz CT molecular complexity index is 246. The number of carbonyl (C=O) groups excluding carboxylic acids is 1. The molecule has 4 heteroatoms. The molecule has 108 valence electrons. The summed E-state index contributed by atoms with van der Waals surface area (Å²) in [5, 5.41) is 0. The van der Waals surface area contributed by atoms with Crippen LogP contribution < -0.4 is 5.73 Å². The molecule has 0 aliphatic carbocycles. The predicted octanol–water partition coefficient (Wildman–Crippen LogP) is 1.55. The van der Waals surface area contributed by atoms with Gasteiger partial charge < -0.3 is 15.5 Å². The lowest BCUT2D eigenvalue weighted by Gasteiger charge is -2.30. The average molecular weight is 257 g/mol. The summed E-state index contributed by atoms with van der Waals surface area (Å²) in [5.74, 6) is 0.182. The van der Waals surface area contributed by atoms with Crippen LogP contribution in [0.2, 0.25) is 0 Å². The molecule has 0 aromatic carbocycles. The van der Waals surface area contributed by atoms with E-state index in [1.165, 1.54) is 0 Å². The Morgan fingerprint density at radius 3 is 2.11 bits per heavy atom. The first-order valence-electron chi connectivity index (χ1n) is 6.86. The number of rotatable bonds is 7. The van der Waals surface area contributed by atoms with Crippen LogP contribution in [0.3, 0.4) is 0 Å². The van der Waals surface area contributed by atoms with E-state index in [9.17, 15) is 4.79 Å². The van der Waals surface area contributed by atoms with Crippen molar-refractivity contribution in [3.05, 3.63) is 0 Å². The summed E-state index contributed by atoms with van der Waals surface area (Å²) in [4.78, 5) is 16.3. The van der Waals surface area contributed by atoms with Crippen LogP contribution in [-0.2, 0) is 4.79 Å². The zero-order valence-corrected chi connectivity index (χ0v) is 13.0. The zero-order valence-electron chi connectivity index (χ0n) is 13.0. The molecule has 1 amide bonds. The van der Waals surface area contributed by atoms with Crippen LogP contribution >= 0.6 is 0 Å². The van der Waals surface area contributed by atoms with Crippen molar-refractivity contribution in [1.29, 1.82) is 0 Å². The van der Waals surface area contributed by atoms with Crippen LogP contribution in [0.5, 0.6) is 0 Å². The highest BCUT2D eigenvalue weighted by Gasteiger charge is 2.25. The predicted molar refractivity (Wildman–Crippen MR) is 77.5 cm³/mol. The molecular weight excluding hydrogens is 226 g/mol. The van der Waals surface area contributed by atoms with Gasteiger partial charge in [-0.3, -0.25) is 4.79 Å². The SMILES string of the molecule is CCCN(CCN(C)C)C(=O)CC(N)C(C)(C)C. The first kappa shape index (κ1) is 17.4. The van der Waals surface area contributed by atoms with Gasteiger partial charge in [-0.25, -0.2) is 0 Å². The number of hydrogen-bond acceptors (Lipinski definition) is 3. The molecule has 0 saturated heterocycles. The van der Waals surface area contributed by atoms with E-state index in [4.69, 9.17) is 5.73 Å². The number of carbonyl (C=O) groups is 1. The van der Waals surface area contributed by atoms with Gasteiger partial charge in [-0.15, -0.1) is 0 Å². The van der Waals surface area contributed by atoms with Gasteiger partial charge in [0.1, 0.15) is 0 Å². The van der Waals surface area contributed by atoms with Crippen molar-refractivity contribution in [2.24, 2.45) is 11.1 Å². The molecule has 0 rings (SSSR count). The maximum absolute atomic E-state index is 12.2. The van der Waals surface area contributed by atoms with Gasteiger partial charge in [0, 0.05) is 32.1 Å². The Hall–Kier alpha value is -0.610. The molecule has 1 unspecified atom stereocenters. The molecule has 0 bridgehead atoms. The van der Waals surface area contributed by atoms with Gasteiger partial charge in [0.05, 0.1) is 0 Å². The average Bonchev–Trinajstić information content (AvgIpc) is 2.22. The van der Waals surface area contributed by atoms with E-state index in [1.54, 1.807) is 0 Å². The molecule has 0 spiro atoms. The van der Waals surface area contributed by atoms with Gasteiger partial charge in [0.15, 0.2) is 0 Å². The van der Waals surface area contributed by atoms with E-state index >= 15 is 0 Å². The van der Waals surface area contributed by atoms with E-state index in [-0.39, 0.29) is 17.4 Å². The van der Waals surface area contributed by atoms with Gasteiger partial charge in [-0.05, 0) is 25.9 Å². The van der Waals surface area contributed by atoms with E-state index in [0.717, 1.165) is 26.1 Å². The third-order valence-electron chi connectivity index (χ3n) is 3.17. The lowest BCUT2D eigenvalue weighted by Crippen LogP contribution is -2.43. The van der Waals surface area contributed by atoms with Gasteiger partial charge in [0.2, 0.25) is 5.91 Å². The van der Waals surface area contributed by atoms with E-state index in [1.807, 2.05) is 19.0 Å². The van der Waals surface area contributed by atoms with E-state index < -0.39 is 0 Å². The van der Waals surface area contributed by atoms with Crippen molar-refractivity contribution in [2.45, 2.75) is 46.6 Å². The third kappa shape index (κ3) is 6.97. The molecule has 18 heavy (non-hydrogen) atoms. The fourth-order valence-electron chi connectivity index (χ4n) is 1.58. The highest BCUT2D eigenvalue weighted by Crippen LogP contribution is 2.20. The maximum atomic E-state index is 12.2. The van der Waals surface area contributed by atoms with Crippen LogP contribution in [0, 0.1) is 5.41 Å². The third-order valence-corrected chi connectivity index (χ3v) is 3.17. The molecular formula is C14H31N3O. The summed E-state index contributed by atoms with van der Waals surface area (Å²) in [6.07, 6.45) is 1.43. The topological polar surface area (TPSA) is 49.6 Å². The second kappa shape index (κ2) is 7.74. The molecule has 0 aliphatic rings. The molecule has 2 N–H and O–H groups in total. The number of amides is 1. The molecule has 1 atom stereocenters. The minimum atomic E-state index is -0.0799. The van der Waals surface area contributed by atoms with Crippen molar-refractivity contribution in [2.75, 3.05) is 33.7 Å². The molecule has 0 aliphatic heterocycles. The second-order valence-corrected chi connectivity index (χ2v) is 6.36. The summed E-state index contributed by atoms with van der Waals surface area (Å²) in [5.41, 5.74) is 6.06. The van der Waals surface area contributed by atoms with Crippen molar-refractivity contribution >= 4 is 5.91 Å². The summed E-state index contributed by atoms with van der Waals surface area (Å²) in [6.45, 7) is 10.8. The fraction of sp³-hybridized carbons (Fsp3) is 0.929. The van der Waals surface area contributed by atoms with Gasteiger partial charge in [-0.1, -0.05) is 27.7 Å². The van der Waals surface area contributed by atoms with Crippen molar-refractivity contribution in [3.8, 4) is 0 Å². The summed E-state index contributed by atoms with van der Waals surface area (Å²) in [6, 6.07) is -0.0799. The normalized spacial score (nSPS) is 13.8. The quantitative estimate of drug-likeness (QED) is 0.753. The molecule has 0 aromatic rings. The Labute approximate surface area is 113 Å². The highest BCUT2D eigenvalue weighted by atomic mass is 16.2. The molecule has 0 aromatic heterocycles. The Kier molecular flexibility index (Phi) is 7.48. The molecule has 0 heterocycles. The van der Waals surface area contributed by atoms with Crippen molar-refractivity contribution < 1.29 is 4.79 Å². The Balaban J connectivity index is 4.38. The van der Waals surface area contributed by atoms with Crippen molar-refractivity contribution in [1.82, 2.24) is 9.80 Å². The monoisotopic (exact) mass is 257 g/mol. The first-order chi connectivity index (χ1) is 8.18. The summed E-state index contributed by atoms with van der Waals surface area (Å²) < 4.78 is 0. The van der Waals surface area contributed by atoms with Crippen LogP contribution in [0.25, 0.3) is 0 Å². The van der Waals surface area contributed by atoms with Crippen LogP contribution in [-0.4, -0.2) is 55.5 Å². The number of nitrogens with zero attached hydrogens (tertiary/aromatic N) is 2. The number of nitrogens with two attached hydrogens (primary N) is 1. The lowest BCUT2D eigenvalue weighted by molar-refractivity contribution is -0.132. The second-order valence-electron chi connectivity index (χ2n) is 6.36. The molecule has 0 saturated carbocycles. The Morgan fingerprint density at radius 2 is 1.72 bits per heavy atom. The fourth-order valence-corrected chi connectivity index (χ4v) is 1.58. The summed E-state index contributed by atoms with van der Waals surface area (Å²) >= 11 is 0. The van der Waals surface area contributed by atoms with Gasteiger partial charge >= 0.3 is 0 Å². The van der Waals surface area contributed by atoms with Gasteiger partial charge in [-0.2, -0.15) is 0 Å². The lowest BCUT2D eigenvalue weighted by atomic mass is 9.85. The number of hydrogen-bond donors (Lipinski definition) is 1. The first-order valence-corrected chi connectivity index (χ1v) is 6.86. The summed E-state index contributed by atoms with van der Waals surface area (Å²) in [7, 11) is 4.05. The molecule has 0 radical (unpaired) electrons. The molecule has 4 nitrogen and oxygen atoms in total. The van der Waals surface area contributed by atoms with E-state index in [2.05, 4.69) is 32.6 Å². The van der Waals surface area contributed by atoms with Gasteiger partial charge in [0.25, 0.3) is 0 Å².